The molecule has 0 radical (unpaired) electrons. The highest BCUT2D eigenvalue weighted by Gasteiger charge is 2.50. The smallest absolute Gasteiger partial charge is 0.309 e. The van der Waals surface area contributed by atoms with Crippen LogP contribution in [0.1, 0.15) is 6.42 Å². The van der Waals surface area contributed by atoms with E-state index in [9.17, 15) is 13.2 Å². The van der Waals surface area contributed by atoms with Crippen LogP contribution in [0, 0.1) is 5.92 Å². The van der Waals surface area contributed by atoms with E-state index in [-0.39, 0.29) is 18.6 Å². The van der Waals surface area contributed by atoms with Gasteiger partial charge in [0.2, 0.25) is 10.0 Å². The van der Waals surface area contributed by atoms with Gasteiger partial charge in [-0.3, -0.25) is 4.79 Å². The molecular weight excluding hydrogens is 220 g/mol. The number of carboxylic acid groups (broad SMARTS) is 1. The summed E-state index contributed by atoms with van der Waals surface area (Å²) in [5.41, 5.74) is 0. The van der Waals surface area contributed by atoms with Crippen LogP contribution in [0.2, 0.25) is 0 Å². The van der Waals surface area contributed by atoms with E-state index in [0.29, 0.717) is 13.0 Å². The molecule has 2 fully saturated rings. The van der Waals surface area contributed by atoms with Crippen molar-refractivity contribution in [3.05, 3.63) is 0 Å². The van der Waals surface area contributed by atoms with Crippen molar-refractivity contribution in [1.82, 2.24) is 9.62 Å². The molecule has 6 nitrogen and oxygen atoms in total. The number of rotatable bonds is 2. The zero-order chi connectivity index (χ0) is 11.2. The molecule has 0 aromatic rings. The first-order chi connectivity index (χ1) is 6.91. The second kappa shape index (κ2) is 3.43. The predicted octanol–water partition coefficient (Wildman–Crippen LogP) is -1.31. The van der Waals surface area contributed by atoms with Gasteiger partial charge in [0.1, 0.15) is 0 Å². The van der Waals surface area contributed by atoms with E-state index in [1.807, 2.05) is 0 Å². The minimum absolute atomic E-state index is 0.0938. The average Bonchev–Trinajstić information content (AvgIpc) is 2.57. The fraction of sp³-hybridized carbons (Fsp3) is 0.875. The van der Waals surface area contributed by atoms with E-state index in [0.717, 1.165) is 6.26 Å². The molecule has 0 aromatic heterocycles. The molecule has 0 bridgehead atoms. The van der Waals surface area contributed by atoms with Crippen molar-refractivity contribution in [3.8, 4) is 0 Å². The van der Waals surface area contributed by atoms with Gasteiger partial charge in [0.15, 0.2) is 0 Å². The fourth-order valence-electron chi connectivity index (χ4n) is 2.50. The monoisotopic (exact) mass is 234 g/mol. The Morgan fingerprint density at radius 3 is 2.73 bits per heavy atom. The summed E-state index contributed by atoms with van der Waals surface area (Å²) in [6, 6.07) is -0.404. The predicted molar refractivity (Wildman–Crippen MR) is 52.9 cm³/mol. The molecule has 0 saturated carbocycles. The van der Waals surface area contributed by atoms with Crippen LogP contribution in [0.25, 0.3) is 0 Å². The fourth-order valence-corrected chi connectivity index (χ4v) is 3.66. The van der Waals surface area contributed by atoms with E-state index < -0.39 is 21.9 Å². The van der Waals surface area contributed by atoms with Gasteiger partial charge >= 0.3 is 5.97 Å². The molecule has 3 atom stereocenters. The van der Waals surface area contributed by atoms with Crippen LogP contribution in [0.15, 0.2) is 0 Å². The number of sulfonamides is 1. The SMILES string of the molecule is CS(=O)(=O)N1CC(C(=O)O)C2NCCC21. The third-order valence-electron chi connectivity index (χ3n) is 3.16. The third kappa shape index (κ3) is 1.75. The van der Waals surface area contributed by atoms with Crippen molar-refractivity contribution in [2.75, 3.05) is 19.3 Å². The highest BCUT2D eigenvalue weighted by atomic mass is 32.2. The van der Waals surface area contributed by atoms with Gasteiger partial charge in [-0.2, -0.15) is 4.31 Å². The number of hydrogen-bond donors (Lipinski definition) is 2. The Hall–Kier alpha value is -0.660. The van der Waals surface area contributed by atoms with Gasteiger partial charge in [-0.1, -0.05) is 0 Å². The summed E-state index contributed by atoms with van der Waals surface area (Å²) in [5, 5.41) is 12.0. The van der Waals surface area contributed by atoms with Gasteiger partial charge in [-0.25, -0.2) is 8.42 Å². The number of nitrogens with one attached hydrogen (secondary N) is 1. The molecule has 86 valence electrons. The van der Waals surface area contributed by atoms with Crippen LogP contribution < -0.4 is 5.32 Å². The van der Waals surface area contributed by atoms with Gasteiger partial charge in [0.05, 0.1) is 12.2 Å². The van der Waals surface area contributed by atoms with Crippen molar-refractivity contribution in [2.45, 2.75) is 18.5 Å². The maximum Gasteiger partial charge on any atom is 0.309 e. The summed E-state index contributed by atoms with van der Waals surface area (Å²) in [7, 11) is -3.29. The van der Waals surface area contributed by atoms with E-state index >= 15 is 0 Å². The van der Waals surface area contributed by atoms with Crippen molar-refractivity contribution in [2.24, 2.45) is 5.92 Å². The molecule has 0 aromatic carbocycles. The second-order valence-corrected chi connectivity index (χ2v) is 6.05. The lowest BCUT2D eigenvalue weighted by molar-refractivity contribution is -0.141. The number of carbonyl (C=O) groups is 1. The van der Waals surface area contributed by atoms with Crippen LogP contribution in [0.3, 0.4) is 0 Å². The molecular formula is C8H14N2O4S. The van der Waals surface area contributed by atoms with Gasteiger partial charge < -0.3 is 10.4 Å². The summed E-state index contributed by atoms with van der Waals surface area (Å²) in [4.78, 5) is 11.0. The second-order valence-electron chi connectivity index (χ2n) is 4.11. The van der Waals surface area contributed by atoms with Crippen molar-refractivity contribution < 1.29 is 18.3 Å². The van der Waals surface area contributed by atoms with Gasteiger partial charge in [-0.05, 0) is 13.0 Å². The summed E-state index contributed by atoms with van der Waals surface area (Å²) in [6.07, 6.45) is 1.83. The van der Waals surface area contributed by atoms with E-state index in [4.69, 9.17) is 5.11 Å². The Morgan fingerprint density at radius 2 is 2.20 bits per heavy atom. The number of hydrogen-bond acceptors (Lipinski definition) is 4. The number of fused-ring (bicyclic) bond motifs is 1. The van der Waals surface area contributed by atoms with Crippen LogP contribution >= 0.6 is 0 Å². The number of carboxylic acids is 1. The Morgan fingerprint density at radius 1 is 1.53 bits per heavy atom. The number of nitrogens with zero attached hydrogens (tertiary/aromatic N) is 1. The lowest BCUT2D eigenvalue weighted by Crippen LogP contribution is -2.39. The lowest BCUT2D eigenvalue weighted by Gasteiger charge is -2.19. The topological polar surface area (TPSA) is 86.7 Å². The maximum absolute atomic E-state index is 11.4. The zero-order valence-electron chi connectivity index (χ0n) is 8.38. The van der Waals surface area contributed by atoms with Crippen LogP contribution in [-0.2, 0) is 14.8 Å². The highest BCUT2D eigenvalue weighted by Crippen LogP contribution is 2.31. The Labute approximate surface area is 88.3 Å². The minimum atomic E-state index is -3.29. The van der Waals surface area contributed by atoms with Gasteiger partial charge in [-0.15, -0.1) is 0 Å². The number of aliphatic carboxylic acids is 1. The average molecular weight is 234 g/mol. The van der Waals surface area contributed by atoms with Crippen LogP contribution in [0.5, 0.6) is 0 Å². The summed E-state index contributed by atoms with van der Waals surface area (Å²) in [5.74, 6) is -1.54. The van der Waals surface area contributed by atoms with Crippen molar-refractivity contribution >= 4 is 16.0 Å². The normalized spacial score (nSPS) is 36.7. The zero-order valence-corrected chi connectivity index (χ0v) is 9.20. The standard InChI is InChI=1S/C8H14N2O4S/c1-15(13,14)10-4-5(8(11)12)7-6(10)2-3-9-7/h5-7,9H,2-4H2,1H3,(H,11,12). The molecule has 3 unspecified atom stereocenters. The molecule has 2 saturated heterocycles. The Bertz CT molecular complexity index is 380. The van der Waals surface area contributed by atoms with Gasteiger partial charge in [0, 0.05) is 18.6 Å². The van der Waals surface area contributed by atoms with Crippen LogP contribution in [0.4, 0.5) is 0 Å². The third-order valence-corrected chi connectivity index (χ3v) is 4.43. The Balaban J connectivity index is 2.28. The Kier molecular flexibility index (Phi) is 2.48. The summed E-state index contributed by atoms with van der Waals surface area (Å²) >= 11 is 0. The van der Waals surface area contributed by atoms with Crippen molar-refractivity contribution in [1.29, 1.82) is 0 Å². The molecule has 7 heteroatoms. The first-order valence-corrected chi connectivity index (χ1v) is 6.69. The molecule has 0 spiro atoms. The largest absolute Gasteiger partial charge is 0.481 e. The van der Waals surface area contributed by atoms with E-state index in [1.165, 1.54) is 4.31 Å². The molecule has 0 amide bonds. The highest BCUT2D eigenvalue weighted by molar-refractivity contribution is 7.88. The molecule has 2 N–H and O–H groups in total. The summed E-state index contributed by atoms with van der Waals surface area (Å²) < 4.78 is 24.2. The molecule has 2 rings (SSSR count). The molecule has 0 aliphatic carbocycles. The maximum atomic E-state index is 11.4. The summed E-state index contributed by atoms with van der Waals surface area (Å²) in [6.45, 7) is 0.779. The van der Waals surface area contributed by atoms with Gasteiger partial charge in [0.25, 0.3) is 0 Å². The molecule has 2 heterocycles. The quantitative estimate of drug-likeness (QED) is 0.619. The first kappa shape index (κ1) is 10.8. The molecule has 15 heavy (non-hydrogen) atoms. The molecule has 2 aliphatic heterocycles. The van der Waals surface area contributed by atoms with Crippen molar-refractivity contribution in [3.63, 3.8) is 0 Å². The van der Waals surface area contributed by atoms with E-state index in [2.05, 4.69) is 5.32 Å². The lowest BCUT2D eigenvalue weighted by atomic mass is 10.0. The molecule has 2 aliphatic rings. The first-order valence-electron chi connectivity index (χ1n) is 4.84. The van der Waals surface area contributed by atoms with Crippen LogP contribution in [-0.4, -0.2) is 55.2 Å². The minimum Gasteiger partial charge on any atom is -0.481 e. The van der Waals surface area contributed by atoms with E-state index in [1.54, 1.807) is 0 Å².